The maximum atomic E-state index is 5.64. The average Bonchev–Trinajstić information content (AvgIpc) is 2.10. The topological polar surface area (TPSA) is 61.3 Å². The Labute approximate surface area is 78.7 Å². The minimum Gasteiger partial charge on any atom is -0.399 e. The number of nitrogen functional groups attached to an aromatic ring is 1. The minimum absolute atomic E-state index is 0.0272. The van der Waals surface area contributed by atoms with Crippen molar-refractivity contribution < 1.29 is 4.74 Å². The molecule has 0 fully saturated rings. The van der Waals surface area contributed by atoms with Gasteiger partial charge in [-0.25, -0.2) is 0 Å². The molecule has 0 aliphatic heterocycles. The van der Waals surface area contributed by atoms with Gasteiger partial charge >= 0.3 is 0 Å². The van der Waals surface area contributed by atoms with E-state index >= 15 is 0 Å². The highest BCUT2D eigenvalue weighted by atomic mass is 16.5. The smallest absolute Gasteiger partial charge is 0.0945 e. The number of nitrogens with two attached hydrogens (primary N) is 2. The number of aryl methyl sites for hydroxylation is 1. The van der Waals surface area contributed by atoms with E-state index in [1.165, 1.54) is 0 Å². The molecule has 3 heteroatoms. The van der Waals surface area contributed by atoms with Gasteiger partial charge in [0.2, 0.25) is 0 Å². The summed E-state index contributed by atoms with van der Waals surface area (Å²) in [5.74, 6) is 0. The predicted octanol–water partition coefficient (Wildman–Crippen LogP) is 1.22. The molecule has 1 atom stereocenters. The zero-order chi connectivity index (χ0) is 9.84. The number of ether oxygens (including phenoxy) is 1. The molecule has 0 saturated heterocycles. The summed E-state index contributed by atoms with van der Waals surface area (Å²) in [5, 5.41) is 0. The van der Waals surface area contributed by atoms with E-state index in [0.717, 1.165) is 16.8 Å². The van der Waals surface area contributed by atoms with Gasteiger partial charge in [-0.05, 0) is 30.2 Å². The molecule has 0 radical (unpaired) electrons. The van der Waals surface area contributed by atoms with E-state index in [1.807, 2.05) is 25.1 Å². The van der Waals surface area contributed by atoms with Crippen molar-refractivity contribution in [3.05, 3.63) is 29.3 Å². The fourth-order valence-electron chi connectivity index (χ4n) is 1.41. The van der Waals surface area contributed by atoms with E-state index in [9.17, 15) is 0 Å². The lowest BCUT2D eigenvalue weighted by Crippen LogP contribution is -2.15. The largest absolute Gasteiger partial charge is 0.399 e. The third kappa shape index (κ3) is 2.20. The fourth-order valence-corrected chi connectivity index (χ4v) is 1.41. The number of benzene rings is 1. The summed E-state index contributed by atoms with van der Waals surface area (Å²) in [6.45, 7) is 2.49. The molecular weight excluding hydrogens is 164 g/mol. The maximum Gasteiger partial charge on any atom is 0.0945 e. The second-order valence-electron chi connectivity index (χ2n) is 3.08. The SMILES string of the molecule is COC(CN)c1ccc(N)cc1C. The molecule has 1 unspecified atom stereocenters. The van der Waals surface area contributed by atoms with Crippen LogP contribution >= 0.6 is 0 Å². The Morgan fingerprint density at radius 2 is 2.15 bits per heavy atom. The lowest BCUT2D eigenvalue weighted by Gasteiger charge is -2.15. The van der Waals surface area contributed by atoms with Crippen LogP contribution in [0.15, 0.2) is 18.2 Å². The highest BCUT2D eigenvalue weighted by molar-refractivity contribution is 5.45. The lowest BCUT2D eigenvalue weighted by atomic mass is 10.0. The van der Waals surface area contributed by atoms with Crippen molar-refractivity contribution in [2.75, 3.05) is 19.4 Å². The van der Waals surface area contributed by atoms with Crippen molar-refractivity contribution in [1.29, 1.82) is 0 Å². The van der Waals surface area contributed by atoms with Gasteiger partial charge in [-0.1, -0.05) is 6.07 Å². The summed E-state index contributed by atoms with van der Waals surface area (Å²) >= 11 is 0. The van der Waals surface area contributed by atoms with Crippen molar-refractivity contribution in [2.45, 2.75) is 13.0 Å². The van der Waals surface area contributed by atoms with Gasteiger partial charge in [-0.15, -0.1) is 0 Å². The first-order valence-electron chi connectivity index (χ1n) is 4.28. The molecule has 1 aromatic carbocycles. The molecule has 3 nitrogen and oxygen atoms in total. The molecule has 0 bridgehead atoms. The molecule has 0 aromatic heterocycles. The Morgan fingerprint density at radius 3 is 2.62 bits per heavy atom. The number of anilines is 1. The van der Waals surface area contributed by atoms with Crippen LogP contribution in [-0.2, 0) is 4.74 Å². The zero-order valence-electron chi connectivity index (χ0n) is 8.08. The third-order valence-corrected chi connectivity index (χ3v) is 2.14. The third-order valence-electron chi connectivity index (χ3n) is 2.14. The second-order valence-corrected chi connectivity index (χ2v) is 3.08. The molecule has 0 heterocycles. The van der Waals surface area contributed by atoms with Crippen LogP contribution in [0.5, 0.6) is 0 Å². The molecule has 0 saturated carbocycles. The van der Waals surface area contributed by atoms with Gasteiger partial charge in [0.1, 0.15) is 0 Å². The van der Waals surface area contributed by atoms with E-state index in [0.29, 0.717) is 6.54 Å². The molecule has 13 heavy (non-hydrogen) atoms. The van der Waals surface area contributed by atoms with Crippen LogP contribution in [0.1, 0.15) is 17.2 Å². The Bertz CT molecular complexity index is 282. The van der Waals surface area contributed by atoms with E-state index in [4.69, 9.17) is 16.2 Å². The molecule has 0 aliphatic rings. The van der Waals surface area contributed by atoms with Crippen LogP contribution in [0, 0.1) is 6.92 Å². The van der Waals surface area contributed by atoms with E-state index < -0.39 is 0 Å². The normalized spacial score (nSPS) is 12.8. The first-order valence-corrected chi connectivity index (χ1v) is 4.28. The Balaban J connectivity index is 2.99. The number of hydrogen-bond donors (Lipinski definition) is 2. The van der Waals surface area contributed by atoms with Gasteiger partial charge in [-0.3, -0.25) is 0 Å². The number of hydrogen-bond acceptors (Lipinski definition) is 3. The van der Waals surface area contributed by atoms with Crippen molar-refractivity contribution >= 4 is 5.69 Å². The second kappa shape index (κ2) is 4.25. The van der Waals surface area contributed by atoms with Gasteiger partial charge in [0.05, 0.1) is 6.10 Å². The predicted molar refractivity (Wildman–Crippen MR) is 54.4 cm³/mol. The molecular formula is C10H16N2O. The first kappa shape index (κ1) is 10.0. The molecule has 0 aliphatic carbocycles. The summed E-state index contributed by atoms with van der Waals surface area (Å²) in [7, 11) is 1.66. The quantitative estimate of drug-likeness (QED) is 0.687. The molecule has 72 valence electrons. The van der Waals surface area contributed by atoms with Crippen LogP contribution in [0.3, 0.4) is 0 Å². The van der Waals surface area contributed by atoms with E-state index in [-0.39, 0.29) is 6.10 Å². The summed E-state index contributed by atoms with van der Waals surface area (Å²) in [6, 6.07) is 5.76. The van der Waals surface area contributed by atoms with Gasteiger partial charge in [0.15, 0.2) is 0 Å². The Hall–Kier alpha value is -1.06. The van der Waals surface area contributed by atoms with E-state index in [1.54, 1.807) is 7.11 Å². The van der Waals surface area contributed by atoms with Crippen molar-refractivity contribution in [1.82, 2.24) is 0 Å². The summed E-state index contributed by atoms with van der Waals surface area (Å²) in [4.78, 5) is 0. The molecule has 0 amide bonds. The summed E-state index contributed by atoms with van der Waals surface area (Å²) in [6.07, 6.45) is -0.0272. The van der Waals surface area contributed by atoms with Crippen molar-refractivity contribution in [2.24, 2.45) is 5.73 Å². The van der Waals surface area contributed by atoms with Crippen LogP contribution in [-0.4, -0.2) is 13.7 Å². The van der Waals surface area contributed by atoms with Gasteiger partial charge in [-0.2, -0.15) is 0 Å². The lowest BCUT2D eigenvalue weighted by molar-refractivity contribution is 0.110. The van der Waals surface area contributed by atoms with Gasteiger partial charge in [0.25, 0.3) is 0 Å². The minimum atomic E-state index is -0.0272. The molecule has 0 spiro atoms. The fraction of sp³-hybridized carbons (Fsp3) is 0.400. The monoisotopic (exact) mass is 180 g/mol. The van der Waals surface area contributed by atoms with E-state index in [2.05, 4.69) is 0 Å². The first-order chi connectivity index (χ1) is 6.19. The van der Waals surface area contributed by atoms with Gasteiger partial charge < -0.3 is 16.2 Å². The van der Waals surface area contributed by atoms with Crippen LogP contribution in [0.2, 0.25) is 0 Å². The Kier molecular flexibility index (Phi) is 3.28. The number of methoxy groups -OCH3 is 1. The zero-order valence-corrected chi connectivity index (χ0v) is 8.08. The average molecular weight is 180 g/mol. The highest BCUT2D eigenvalue weighted by Crippen LogP contribution is 2.21. The maximum absolute atomic E-state index is 5.64. The van der Waals surface area contributed by atoms with Crippen LogP contribution in [0.4, 0.5) is 5.69 Å². The standard InChI is InChI=1S/C10H16N2O/c1-7-5-8(12)3-4-9(7)10(6-11)13-2/h3-5,10H,6,11-12H2,1-2H3. The van der Waals surface area contributed by atoms with Crippen molar-refractivity contribution in [3.8, 4) is 0 Å². The van der Waals surface area contributed by atoms with Crippen molar-refractivity contribution in [3.63, 3.8) is 0 Å². The summed E-state index contributed by atoms with van der Waals surface area (Å²) in [5.41, 5.74) is 14.2. The van der Waals surface area contributed by atoms with Crippen LogP contribution < -0.4 is 11.5 Å². The van der Waals surface area contributed by atoms with Gasteiger partial charge in [0, 0.05) is 19.3 Å². The summed E-state index contributed by atoms with van der Waals surface area (Å²) < 4.78 is 5.24. The number of rotatable bonds is 3. The highest BCUT2D eigenvalue weighted by Gasteiger charge is 2.10. The molecule has 1 aromatic rings. The Morgan fingerprint density at radius 1 is 1.46 bits per heavy atom. The molecule has 1 rings (SSSR count). The van der Waals surface area contributed by atoms with Crippen LogP contribution in [0.25, 0.3) is 0 Å². The molecule has 4 N–H and O–H groups in total.